The molecule has 4 amide bonds. The largest absolute Gasteiger partial charge is 0.335 e. The average Bonchev–Trinajstić information content (AvgIpc) is 3.29. The van der Waals surface area contributed by atoms with Crippen molar-refractivity contribution in [3.8, 4) is 0 Å². The minimum atomic E-state index is -0.801. The lowest BCUT2D eigenvalue weighted by molar-refractivity contribution is -0.136. The Bertz CT molecular complexity index is 1590. The zero-order valence-electron chi connectivity index (χ0n) is 26.3. The van der Waals surface area contributed by atoms with Crippen LogP contribution in [-0.4, -0.2) is 76.1 Å². The van der Waals surface area contributed by atoms with Crippen molar-refractivity contribution in [2.75, 3.05) is 19.6 Å². The van der Waals surface area contributed by atoms with Crippen molar-refractivity contribution in [1.82, 2.24) is 20.0 Å². The highest BCUT2D eigenvalue weighted by Gasteiger charge is 2.41. The minimum absolute atomic E-state index is 0.0497. The van der Waals surface area contributed by atoms with Gasteiger partial charge in [0.05, 0.1) is 5.56 Å². The zero-order valence-corrected chi connectivity index (χ0v) is 27.0. The third kappa shape index (κ3) is 6.17. The molecule has 0 spiro atoms. The van der Waals surface area contributed by atoms with E-state index >= 15 is 4.39 Å². The van der Waals surface area contributed by atoms with Crippen molar-refractivity contribution in [3.05, 3.63) is 75.1 Å². The summed E-state index contributed by atoms with van der Waals surface area (Å²) in [4.78, 5) is 56.4. The van der Waals surface area contributed by atoms with Crippen LogP contribution in [0.25, 0.3) is 5.57 Å². The fourth-order valence-corrected chi connectivity index (χ4v) is 7.57. The lowest BCUT2D eigenvalue weighted by atomic mass is 9.72. The van der Waals surface area contributed by atoms with Gasteiger partial charge in [-0.05, 0) is 85.9 Å². The van der Waals surface area contributed by atoms with E-state index in [0.717, 1.165) is 36.9 Å². The van der Waals surface area contributed by atoms with Gasteiger partial charge in [-0.1, -0.05) is 43.2 Å². The molecule has 1 N–H and O–H groups in total. The van der Waals surface area contributed by atoms with Gasteiger partial charge in [0.2, 0.25) is 11.8 Å². The lowest BCUT2D eigenvalue weighted by Gasteiger charge is -2.46. The average molecular weight is 635 g/mol. The summed E-state index contributed by atoms with van der Waals surface area (Å²) in [6.07, 6.45) is 3.47. The van der Waals surface area contributed by atoms with Crippen molar-refractivity contribution < 1.29 is 23.6 Å². The van der Waals surface area contributed by atoms with Gasteiger partial charge in [-0.3, -0.25) is 29.4 Å². The fraction of sp³-hybridized carbons (Fsp3) is 0.486. The second-order valence-electron chi connectivity index (χ2n) is 13.9. The van der Waals surface area contributed by atoms with Crippen LogP contribution < -0.4 is 5.32 Å². The summed E-state index contributed by atoms with van der Waals surface area (Å²) in [7, 11) is 0. The Morgan fingerprint density at radius 1 is 1.04 bits per heavy atom. The molecular weight excluding hydrogens is 595 g/mol. The third-order valence-corrected chi connectivity index (χ3v) is 10.2. The molecule has 3 unspecified atom stereocenters. The van der Waals surface area contributed by atoms with E-state index in [0.29, 0.717) is 18.7 Å². The number of hydrogen-bond donors (Lipinski definition) is 1. The maximum Gasteiger partial charge on any atom is 0.256 e. The molecule has 0 aromatic heterocycles. The number of piperazine rings is 1. The number of benzene rings is 2. The van der Waals surface area contributed by atoms with Gasteiger partial charge in [-0.2, -0.15) is 0 Å². The Kier molecular flexibility index (Phi) is 8.37. The Balaban J connectivity index is 1.18. The van der Waals surface area contributed by atoms with Crippen molar-refractivity contribution in [1.29, 1.82) is 0 Å². The third-order valence-electron chi connectivity index (χ3n) is 9.98. The van der Waals surface area contributed by atoms with Crippen LogP contribution in [0.3, 0.4) is 0 Å². The fourth-order valence-electron chi connectivity index (χ4n) is 7.44. The van der Waals surface area contributed by atoms with Crippen LogP contribution in [0.5, 0.6) is 0 Å². The van der Waals surface area contributed by atoms with E-state index < -0.39 is 29.6 Å². The number of nitrogens with zero attached hydrogens (tertiary/aromatic N) is 3. The maximum atomic E-state index is 15.4. The molecule has 8 nitrogen and oxygen atoms in total. The number of halogens is 2. The number of amides is 4. The van der Waals surface area contributed by atoms with Crippen LogP contribution in [0, 0.1) is 11.2 Å². The van der Waals surface area contributed by atoms with Gasteiger partial charge >= 0.3 is 0 Å². The topological polar surface area (TPSA) is 90.0 Å². The van der Waals surface area contributed by atoms with E-state index in [1.807, 2.05) is 12.1 Å². The molecule has 0 saturated carbocycles. The Morgan fingerprint density at radius 2 is 1.73 bits per heavy atom. The molecule has 45 heavy (non-hydrogen) atoms. The summed E-state index contributed by atoms with van der Waals surface area (Å²) < 4.78 is 15.4. The first-order valence-corrected chi connectivity index (χ1v) is 16.2. The molecule has 0 radical (unpaired) electrons. The number of carbonyl (C=O) groups is 4. The zero-order chi connectivity index (χ0) is 32.2. The quantitative estimate of drug-likeness (QED) is 0.443. The smallest absolute Gasteiger partial charge is 0.256 e. The Hall–Kier alpha value is -3.56. The van der Waals surface area contributed by atoms with Crippen molar-refractivity contribution in [2.45, 2.75) is 84.5 Å². The molecule has 2 fully saturated rings. The summed E-state index contributed by atoms with van der Waals surface area (Å²) in [5, 5.41) is 2.99. The summed E-state index contributed by atoms with van der Waals surface area (Å²) in [5.41, 5.74) is 4.81. The second kappa shape index (κ2) is 12.0. The van der Waals surface area contributed by atoms with E-state index in [-0.39, 0.29) is 53.9 Å². The van der Waals surface area contributed by atoms with E-state index in [9.17, 15) is 19.2 Å². The molecule has 4 aliphatic rings. The van der Waals surface area contributed by atoms with Crippen LogP contribution in [0.1, 0.15) is 91.6 Å². The highest BCUT2D eigenvalue weighted by Crippen LogP contribution is 2.44. The van der Waals surface area contributed by atoms with Gasteiger partial charge in [0.25, 0.3) is 11.8 Å². The summed E-state index contributed by atoms with van der Waals surface area (Å²) >= 11 is 6.19. The number of piperidine rings is 1. The van der Waals surface area contributed by atoms with Gasteiger partial charge in [0.1, 0.15) is 11.9 Å². The highest BCUT2D eigenvalue weighted by atomic mass is 35.5. The van der Waals surface area contributed by atoms with Gasteiger partial charge in [0, 0.05) is 55.3 Å². The Labute approximate surface area is 268 Å². The number of hydrogen-bond acceptors (Lipinski definition) is 5. The van der Waals surface area contributed by atoms with Gasteiger partial charge in [0.15, 0.2) is 0 Å². The predicted octanol–water partition coefficient (Wildman–Crippen LogP) is 5.44. The first-order chi connectivity index (χ1) is 21.3. The van der Waals surface area contributed by atoms with Crippen LogP contribution in [-0.2, 0) is 16.1 Å². The van der Waals surface area contributed by atoms with E-state index in [4.69, 9.17) is 11.6 Å². The van der Waals surface area contributed by atoms with Gasteiger partial charge in [-0.15, -0.1) is 0 Å². The number of rotatable bonds is 5. The van der Waals surface area contributed by atoms with Crippen LogP contribution in [0.4, 0.5) is 4.39 Å². The highest BCUT2D eigenvalue weighted by molar-refractivity contribution is 6.30. The van der Waals surface area contributed by atoms with Crippen molar-refractivity contribution >= 4 is 40.8 Å². The summed E-state index contributed by atoms with van der Waals surface area (Å²) in [5.74, 6) is -2.52. The summed E-state index contributed by atoms with van der Waals surface area (Å²) in [6, 6.07) is 9.97. The maximum absolute atomic E-state index is 15.4. The molecule has 3 aliphatic heterocycles. The minimum Gasteiger partial charge on any atom is -0.335 e. The van der Waals surface area contributed by atoms with Crippen molar-refractivity contribution in [3.63, 3.8) is 0 Å². The predicted molar refractivity (Wildman–Crippen MR) is 170 cm³/mol. The summed E-state index contributed by atoms with van der Waals surface area (Å²) in [6.45, 7) is 10.7. The normalized spacial score (nSPS) is 25.5. The number of allylic oxidation sites excluding steroid dienone is 1. The van der Waals surface area contributed by atoms with Crippen LogP contribution >= 0.6 is 11.6 Å². The molecular formula is C35H40ClFN4O4. The lowest BCUT2D eigenvalue weighted by Crippen LogP contribution is -2.58. The van der Waals surface area contributed by atoms with Crippen molar-refractivity contribution in [2.24, 2.45) is 5.41 Å². The first-order valence-electron chi connectivity index (χ1n) is 15.8. The number of fused-ring (bicyclic) bond motifs is 1. The SMILES string of the molecule is CC1CN(C(=O)c2cc3c(cc2F)C(=O)N(C2CCC(=O)NC2=O)C3)CC(C)N1CC1=C(c2ccc(Cl)cc2)CC(C)(C)CC1. The number of carbonyl (C=O) groups excluding carboxylic acids is 4. The molecule has 1 aliphatic carbocycles. The second-order valence-corrected chi connectivity index (χ2v) is 14.3. The van der Waals surface area contributed by atoms with E-state index in [2.05, 4.69) is 50.0 Å². The molecule has 2 saturated heterocycles. The standard InChI is InChI=1S/C35H40ClFN4O4/c1-20-16-39(17-21(2)40(20)18-23-11-12-35(3,4)15-28(23)22-5-7-25(36)8-6-22)33(44)27-13-24-19-41(34(45)26(24)14-29(27)37)30-9-10-31(42)38-32(30)43/h5-8,13-14,20-21,30H,9-12,15-19H2,1-4H3,(H,38,42,43). The molecule has 2 aromatic rings. The van der Waals surface area contributed by atoms with E-state index in [1.54, 1.807) is 4.90 Å². The molecule has 238 valence electrons. The molecule has 3 atom stereocenters. The monoisotopic (exact) mass is 634 g/mol. The van der Waals surface area contributed by atoms with Crippen LogP contribution in [0.15, 0.2) is 42.0 Å². The number of nitrogens with one attached hydrogen (secondary N) is 1. The Morgan fingerprint density at radius 3 is 2.40 bits per heavy atom. The van der Waals surface area contributed by atoms with Gasteiger partial charge < -0.3 is 9.80 Å². The molecule has 6 rings (SSSR count). The first kappa shape index (κ1) is 31.4. The molecule has 0 bridgehead atoms. The molecule has 3 heterocycles. The number of imide groups is 1. The van der Waals surface area contributed by atoms with E-state index in [1.165, 1.54) is 27.7 Å². The van der Waals surface area contributed by atoms with Crippen LogP contribution in [0.2, 0.25) is 5.02 Å². The molecule has 2 aromatic carbocycles. The molecule has 10 heteroatoms. The van der Waals surface area contributed by atoms with Gasteiger partial charge in [-0.25, -0.2) is 4.39 Å².